The molecule has 1 amide bonds. The molecule has 132 valence electrons. The molecule has 4 nitrogen and oxygen atoms in total. The van der Waals surface area contributed by atoms with Crippen LogP contribution in [0.15, 0.2) is 72.8 Å². The van der Waals surface area contributed by atoms with Gasteiger partial charge in [0.1, 0.15) is 13.1 Å². The first-order valence-electron chi connectivity index (χ1n) is 9.09. The second-order valence-electron chi connectivity index (χ2n) is 6.64. The lowest BCUT2D eigenvalue weighted by atomic mass is 10.1. The van der Waals surface area contributed by atoms with E-state index in [1.165, 1.54) is 10.3 Å². The molecule has 1 N–H and O–H groups in total. The number of quaternary nitrogens is 1. The molecule has 4 rings (SSSR count). The molecule has 26 heavy (non-hydrogen) atoms. The van der Waals surface area contributed by atoms with E-state index in [9.17, 15) is 4.79 Å². The Morgan fingerprint density at radius 2 is 1.54 bits per heavy atom. The first kappa shape index (κ1) is 16.8. The Bertz CT molecular complexity index is 889. The fraction of sp³-hybridized carbons (Fsp3) is 0.227. The summed E-state index contributed by atoms with van der Waals surface area (Å²) in [5.41, 5.74) is 1.81. The number of fused-ring (bicyclic) bond motifs is 1. The normalized spacial score (nSPS) is 15.1. The maximum absolute atomic E-state index is 13.2. The zero-order valence-corrected chi connectivity index (χ0v) is 14.7. The summed E-state index contributed by atoms with van der Waals surface area (Å²) in [6.45, 7) is 3.69. The molecule has 1 heterocycles. The fourth-order valence-corrected chi connectivity index (χ4v) is 3.46. The lowest BCUT2D eigenvalue weighted by molar-refractivity contribution is -0.900. The third kappa shape index (κ3) is 3.62. The SMILES string of the molecule is O=C(C[NH+]1CCOCC1)N(c1ccccc1)c1ccc2ccccc2c1. The second kappa shape index (κ2) is 7.68. The fourth-order valence-electron chi connectivity index (χ4n) is 3.46. The van der Waals surface area contributed by atoms with Gasteiger partial charge in [0, 0.05) is 11.4 Å². The molecule has 0 aliphatic carbocycles. The topological polar surface area (TPSA) is 34.0 Å². The molecule has 4 heteroatoms. The molecule has 0 aromatic heterocycles. The summed E-state index contributed by atoms with van der Waals surface area (Å²) in [7, 11) is 0. The van der Waals surface area contributed by atoms with E-state index in [1.807, 2.05) is 53.4 Å². The van der Waals surface area contributed by atoms with Crippen LogP contribution in [0.5, 0.6) is 0 Å². The van der Waals surface area contributed by atoms with Gasteiger partial charge in [0.2, 0.25) is 0 Å². The molecule has 0 bridgehead atoms. The number of anilines is 2. The van der Waals surface area contributed by atoms with Gasteiger partial charge in [-0.25, -0.2) is 0 Å². The quantitative estimate of drug-likeness (QED) is 0.786. The van der Waals surface area contributed by atoms with Gasteiger partial charge in [-0.15, -0.1) is 0 Å². The van der Waals surface area contributed by atoms with Gasteiger partial charge in [-0.3, -0.25) is 9.69 Å². The van der Waals surface area contributed by atoms with Gasteiger partial charge in [0.15, 0.2) is 6.54 Å². The lowest BCUT2D eigenvalue weighted by Crippen LogP contribution is -3.15. The minimum atomic E-state index is 0.114. The second-order valence-corrected chi connectivity index (χ2v) is 6.64. The average Bonchev–Trinajstić information content (AvgIpc) is 2.70. The Morgan fingerprint density at radius 1 is 0.846 bits per heavy atom. The number of para-hydroxylation sites is 1. The van der Waals surface area contributed by atoms with Gasteiger partial charge in [-0.05, 0) is 35.0 Å². The van der Waals surface area contributed by atoms with Crippen LogP contribution in [0, 0.1) is 0 Å². The Morgan fingerprint density at radius 3 is 2.31 bits per heavy atom. The number of amides is 1. The first-order valence-corrected chi connectivity index (χ1v) is 9.09. The Labute approximate surface area is 153 Å². The van der Waals surface area contributed by atoms with Crippen molar-refractivity contribution in [2.24, 2.45) is 0 Å². The van der Waals surface area contributed by atoms with Crippen molar-refractivity contribution in [3.63, 3.8) is 0 Å². The summed E-state index contributed by atoms with van der Waals surface area (Å²) in [5.74, 6) is 0.114. The molecule has 0 radical (unpaired) electrons. The summed E-state index contributed by atoms with van der Waals surface area (Å²) in [6, 6.07) is 24.3. The molecule has 1 saturated heterocycles. The highest BCUT2D eigenvalue weighted by atomic mass is 16.5. The molecule has 1 aliphatic rings. The number of ether oxygens (including phenoxy) is 1. The highest BCUT2D eigenvalue weighted by Gasteiger charge is 2.24. The highest BCUT2D eigenvalue weighted by molar-refractivity contribution is 6.02. The van der Waals surface area contributed by atoms with E-state index >= 15 is 0 Å². The van der Waals surface area contributed by atoms with Crippen molar-refractivity contribution in [1.29, 1.82) is 0 Å². The minimum absolute atomic E-state index is 0.114. The minimum Gasteiger partial charge on any atom is -0.370 e. The van der Waals surface area contributed by atoms with Gasteiger partial charge in [0.25, 0.3) is 5.91 Å². The molecular weight excluding hydrogens is 324 g/mol. The van der Waals surface area contributed by atoms with Crippen LogP contribution < -0.4 is 9.80 Å². The van der Waals surface area contributed by atoms with Crippen molar-refractivity contribution in [2.75, 3.05) is 37.7 Å². The summed E-state index contributed by atoms with van der Waals surface area (Å²) < 4.78 is 5.41. The van der Waals surface area contributed by atoms with Crippen LogP contribution in [0.2, 0.25) is 0 Å². The van der Waals surface area contributed by atoms with Crippen molar-refractivity contribution in [3.8, 4) is 0 Å². The maximum atomic E-state index is 13.2. The van der Waals surface area contributed by atoms with Crippen LogP contribution >= 0.6 is 0 Å². The standard InChI is InChI=1S/C22H22N2O2/c25-22(17-23-12-14-26-15-13-23)24(20-8-2-1-3-9-20)21-11-10-18-6-4-5-7-19(18)16-21/h1-11,16H,12-15,17H2/p+1. The first-order chi connectivity index (χ1) is 12.8. The molecule has 1 aliphatic heterocycles. The number of benzene rings is 3. The van der Waals surface area contributed by atoms with Crippen molar-refractivity contribution < 1.29 is 14.4 Å². The number of carbonyl (C=O) groups is 1. The van der Waals surface area contributed by atoms with Crippen molar-refractivity contribution >= 4 is 28.1 Å². The Balaban J connectivity index is 1.68. The Hall–Kier alpha value is -2.69. The number of rotatable bonds is 4. The predicted octanol–water partition coefficient (Wildman–Crippen LogP) is 2.42. The number of morpholine rings is 1. The van der Waals surface area contributed by atoms with Gasteiger partial charge in [-0.1, -0.05) is 48.5 Å². The molecule has 0 atom stereocenters. The smallest absolute Gasteiger partial charge is 0.286 e. The number of nitrogens with one attached hydrogen (secondary N) is 1. The zero-order chi connectivity index (χ0) is 17.8. The Kier molecular flexibility index (Phi) is 4.95. The van der Waals surface area contributed by atoms with Crippen molar-refractivity contribution in [1.82, 2.24) is 0 Å². The monoisotopic (exact) mass is 347 g/mol. The molecule has 1 fully saturated rings. The van der Waals surface area contributed by atoms with E-state index in [1.54, 1.807) is 0 Å². The molecular formula is C22H23N2O2+. The van der Waals surface area contributed by atoms with E-state index in [0.29, 0.717) is 6.54 Å². The molecule has 0 saturated carbocycles. The number of hydrogen-bond donors (Lipinski definition) is 1. The van der Waals surface area contributed by atoms with Crippen molar-refractivity contribution in [3.05, 3.63) is 72.8 Å². The largest absolute Gasteiger partial charge is 0.370 e. The number of nitrogens with zero attached hydrogens (tertiary/aromatic N) is 1. The van der Waals surface area contributed by atoms with Crippen LogP contribution in [0.1, 0.15) is 0 Å². The lowest BCUT2D eigenvalue weighted by Gasteiger charge is -2.28. The maximum Gasteiger partial charge on any atom is 0.286 e. The van der Waals surface area contributed by atoms with Crippen LogP contribution in [0.3, 0.4) is 0 Å². The van der Waals surface area contributed by atoms with Gasteiger partial charge >= 0.3 is 0 Å². The highest BCUT2D eigenvalue weighted by Crippen LogP contribution is 2.28. The predicted molar refractivity (Wildman–Crippen MR) is 104 cm³/mol. The van der Waals surface area contributed by atoms with Crippen LogP contribution in [0.25, 0.3) is 10.8 Å². The number of hydrogen-bond acceptors (Lipinski definition) is 2. The van der Waals surface area contributed by atoms with Crippen LogP contribution in [0.4, 0.5) is 11.4 Å². The summed E-state index contributed by atoms with van der Waals surface area (Å²) >= 11 is 0. The van der Waals surface area contributed by atoms with E-state index in [-0.39, 0.29) is 5.91 Å². The number of carbonyl (C=O) groups excluding carboxylic acids is 1. The molecule has 3 aromatic rings. The van der Waals surface area contributed by atoms with E-state index in [0.717, 1.165) is 43.1 Å². The van der Waals surface area contributed by atoms with E-state index in [2.05, 4.69) is 24.3 Å². The molecule has 0 unspecified atom stereocenters. The van der Waals surface area contributed by atoms with E-state index in [4.69, 9.17) is 4.74 Å². The van der Waals surface area contributed by atoms with Gasteiger partial charge in [-0.2, -0.15) is 0 Å². The third-order valence-electron chi connectivity index (χ3n) is 4.86. The van der Waals surface area contributed by atoms with Gasteiger partial charge in [0.05, 0.1) is 13.2 Å². The molecule has 0 spiro atoms. The molecule has 3 aromatic carbocycles. The van der Waals surface area contributed by atoms with Crippen molar-refractivity contribution in [2.45, 2.75) is 0 Å². The van der Waals surface area contributed by atoms with E-state index < -0.39 is 0 Å². The van der Waals surface area contributed by atoms with Crippen LogP contribution in [-0.2, 0) is 9.53 Å². The average molecular weight is 347 g/mol. The summed E-state index contributed by atoms with van der Waals surface area (Å²) in [4.78, 5) is 16.3. The third-order valence-corrected chi connectivity index (χ3v) is 4.86. The summed E-state index contributed by atoms with van der Waals surface area (Å²) in [5, 5.41) is 2.31. The van der Waals surface area contributed by atoms with Crippen LogP contribution in [-0.4, -0.2) is 38.8 Å². The van der Waals surface area contributed by atoms with Gasteiger partial charge < -0.3 is 9.64 Å². The summed E-state index contributed by atoms with van der Waals surface area (Å²) in [6.07, 6.45) is 0. The zero-order valence-electron chi connectivity index (χ0n) is 14.7.